The number of hydrogen-bond acceptors (Lipinski definition) is 3. The fourth-order valence-corrected chi connectivity index (χ4v) is 3.73. The van der Waals surface area contributed by atoms with E-state index in [0.29, 0.717) is 16.1 Å². The number of rotatable bonds is 4. The van der Waals surface area contributed by atoms with Gasteiger partial charge in [-0.15, -0.1) is 11.3 Å². The van der Waals surface area contributed by atoms with E-state index >= 15 is 0 Å². The maximum Gasteiger partial charge on any atom is 0.196 e. The number of carbonyl (C=O) groups is 1. The number of ketones is 1. The van der Waals surface area contributed by atoms with Crippen LogP contribution in [0, 0.1) is 6.92 Å². The van der Waals surface area contributed by atoms with Gasteiger partial charge in [0, 0.05) is 16.0 Å². The van der Waals surface area contributed by atoms with Gasteiger partial charge in [-0.25, -0.2) is 0 Å². The fraction of sp³-hybridized carbons (Fsp3) is 0.150. The van der Waals surface area contributed by atoms with E-state index in [1.807, 2.05) is 61.5 Å². The highest BCUT2D eigenvalue weighted by atomic mass is 32.1. The zero-order valence-corrected chi connectivity index (χ0v) is 14.1. The molecule has 3 rings (SSSR count). The van der Waals surface area contributed by atoms with Gasteiger partial charge in [-0.3, -0.25) is 4.79 Å². The summed E-state index contributed by atoms with van der Waals surface area (Å²) in [6, 6.07) is 17.8. The first kappa shape index (κ1) is 15.5. The number of benzene rings is 2. The normalized spacial score (nSPS) is 10.7. The van der Waals surface area contributed by atoms with Crippen LogP contribution >= 0.6 is 11.3 Å². The Morgan fingerprint density at radius 1 is 1.04 bits per heavy atom. The molecule has 3 aromatic rings. The largest absolute Gasteiger partial charge is 0.390 e. The van der Waals surface area contributed by atoms with Crippen LogP contribution in [0.4, 0.5) is 5.00 Å². The van der Waals surface area contributed by atoms with Gasteiger partial charge < -0.3 is 5.73 Å². The summed E-state index contributed by atoms with van der Waals surface area (Å²) in [6.45, 7) is 4.12. The summed E-state index contributed by atoms with van der Waals surface area (Å²) >= 11 is 1.48. The Labute approximate surface area is 140 Å². The van der Waals surface area contributed by atoms with Crippen molar-refractivity contribution in [3.8, 4) is 11.1 Å². The number of carbonyl (C=O) groups excluding carboxylic acids is 1. The summed E-state index contributed by atoms with van der Waals surface area (Å²) in [7, 11) is 0. The van der Waals surface area contributed by atoms with E-state index in [0.717, 1.165) is 22.4 Å². The van der Waals surface area contributed by atoms with Crippen LogP contribution in [0.1, 0.15) is 33.3 Å². The van der Waals surface area contributed by atoms with Crippen molar-refractivity contribution in [2.75, 3.05) is 5.73 Å². The topological polar surface area (TPSA) is 43.1 Å². The van der Waals surface area contributed by atoms with Gasteiger partial charge >= 0.3 is 0 Å². The highest BCUT2D eigenvalue weighted by molar-refractivity contribution is 7.16. The third-order valence-corrected chi connectivity index (χ3v) is 4.96. The Kier molecular flexibility index (Phi) is 4.30. The second kappa shape index (κ2) is 6.39. The van der Waals surface area contributed by atoms with E-state index in [4.69, 9.17) is 5.73 Å². The van der Waals surface area contributed by atoms with Gasteiger partial charge in [0.1, 0.15) is 0 Å². The lowest BCUT2D eigenvalue weighted by Crippen LogP contribution is -2.05. The van der Waals surface area contributed by atoms with Crippen LogP contribution in [0.2, 0.25) is 0 Å². The number of hydrogen-bond donors (Lipinski definition) is 1. The molecule has 0 radical (unpaired) electrons. The predicted octanol–water partition coefficient (Wildman–Crippen LogP) is 5.10. The molecule has 2 aromatic carbocycles. The zero-order valence-electron chi connectivity index (χ0n) is 13.3. The predicted molar refractivity (Wildman–Crippen MR) is 98.2 cm³/mol. The lowest BCUT2D eigenvalue weighted by molar-refractivity contribution is 0.104. The minimum absolute atomic E-state index is 0.00615. The molecule has 0 amide bonds. The Bertz CT molecular complexity index is 832. The summed E-state index contributed by atoms with van der Waals surface area (Å²) in [6.07, 6.45) is 0.962. The zero-order chi connectivity index (χ0) is 16.4. The molecule has 0 aliphatic carbocycles. The molecule has 1 aromatic heterocycles. The molecule has 3 heteroatoms. The summed E-state index contributed by atoms with van der Waals surface area (Å²) in [5.41, 5.74) is 10.7. The molecule has 23 heavy (non-hydrogen) atoms. The molecule has 0 atom stereocenters. The van der Waals surface area contributed by atoms with Gasteiger partial charge in [-0.1, -0.05) is 61.5 Å². The Hall–Kier alpha value is -2.39. The van der Waals surface area contributed by atoms with Crippen molar-refractivity contribution in [2.45, 2.75) is 20.3 Å². The molecule has 0 bridgehead atoms. The molecule has 0 aliphatic rings. The quantitative estimate of drug-likeness (QED) is 0.679. The van der Waals surface area contributed by atoms with Gasteiger partial charge in [-0.05, 0) is 24.5 Å². The molecular formula is C20H19NOS. The molecule has 2 N–H and O–H groups in total. The van der Waals surface area contributed by atoms with Crippen LogP contribution in [0.15, 0.2) is 54.6 Å². The lowest BCUT2D eigenvalue weighted by atomic mass is 9.95. The molecule has 1 heterocycles. The first-order valence-electron chi connectivity index (χ1n) is 7.69. The van der Waals surface area contributed by atoms with Gasteiger partial charge in [-0.2, -0.15) is 0 Å². The molecule has 0 aliphatic heterocycles. The number of anilines is 1. The molecule has 0 unspecified atom stereocenters. The summed E-state index contributed by atoms with van der Waals surface area (Å²) in [5, 5.41) is 0.589. The van der Waals surface area contributed by atoms with Gasteiger partial charge in [0.2, 0.25) is 0 Å². The molecular weight excluding hydrogens is 302 g/mol. The number of thiophene rings is 1. The van der Waals surface area contributed by atoms with Crippen molar-refractivity contribution in [2.24, 2.45) is 0 Å². The number of aryl methyl sites for hydroxylation is 2. The fourth-order valence-electron chi connectivity index (χ4n) is 2.78. The van der Waals surface area contributed by atoms with Gasteiger partial charge in [0.05, 0.1) is 10.6 Å². The molecule has 116 valence electrons. The minimum atomic E-state index is -0.00615. The van der Waals surface area contributed by atoms with Crippen LogP contribution in [0.5, 0.6) is 0 Å². The molecule has 2 nitrogen and oxygen atoms in total. The maximum atomic E-state index is 13.0. The second-order valence-corrected chi connectivity index (χ2v) is 6.77. The van der Waals surface area contributed by atoms with Crippen molar-refractivity contribution in [3.63, 3.8) is 0 Å². The summed E-state index contributed by atoms with van der Waals surface area (Å²) in [4.78, 5) is 14.1. The molecule has 0 saturated carbocycles. The van der Waals surface area contributed by atoms with E-state index in [1.165, 1.54) is 16.9 Å². The molecule has 0 fully saturated rings. The van der Waals surface area contributed by atoms with Crippen LogP contribution in [-0.4, -0.2) is 5.78 Å². The van der Waals surface area contributed by atoms with E-state index in [1.54, 1.807) is 0 Å². The lowest BCUT2D eigenvalue weighted by Gasteiger charge is -2.07. The minimum Gasteiger partial charge on any atom is -0.390 e. The van der Waals surface area contributed by atoms with Gasteiger partial charge in [0.25, 0.3) is 0 Å². The Balaban J connectivity index is 2.10. The van der Waals surface area contributed by atoms with E-state index < -0.39 is 0 Å². The van der Waals surface area contributed by atoms with Crippen molar-refractivity contribution in [1.29, 1.82) is 0 Å². The third kappa shape index (κ3) is 2.92. The number of nitrogen functional groups attached to an aromatic ring is 1. The van der Waals surface area contributed by atoms with E-state index in [9.17, 15) is 4.79 Å². The van der Waals surface area contributed by atoms with Crippen molar-refractivity contribution in [3.05, 3.63) is 76.2 Å². The SMILES string of the molecule is CCc1ccc(C(=O)c2c(N)sc(C)c2-c2ccccc2)cc1. The smallest absolute Gasteiger partial charge is 0.196 e. The van der Waals surface area contributed by atoms with Crippen LogP contribution in [0.25, 0.3) is 11.1 Å². The average Bonchev–Trinajstić information content (AvgIpc) is 2.89. The van der Waals surface area contributed by atoms with E-state index in [-0.39, 0.29) is 5.78 Å². The highest BCUT2D eigenvalue weighted by Crippen LogP contribution is 2.39. The first-order chi connectivity index (χ1) is 11.1. The molecule has 0 spiro atoms. The standard InChI is InChI=1S/C20H19NOS/c1-3-14-9-11-16(12-10-14)19(22)18-17(13(2)23-20(18)21)15-7-5-4-6-8-15/h4-12H,3,21H2,1-2H3. The van der Waals surface area contributed by atoms with Crippen LogP contribution in [-0.2, 0) is 6.42 Å². The Morgan fingerprint density at radius 2 is 1.70 bits per heavy atom. The second-order valence-electron chi connectivity index (χ2n) is 5.52. The van der Waals surface area contributed by atoms with Crippen molar-refractivity contribution >= 4 is 22.1 Å². The average molecular weight is 321 g/mol. The maximum absolute atomic E-state index is 13.0. The third-order valence-electron chi connectivity index (χ3n) is 4.03. The van der Waals surface area contributed by atoms with Gasteiger partial charge in [0.15, 0.2) is 5.78 Å². The van der Waals surface area contributed by atoms with Crippen molar-refractivity contribution < 1.29 is 4.79 Å². The highest BCUT2D eigenvalue weighted by Gasteiger charge is 2.22. The summed E-state index contributed by atoms with van der Waals surface area (Å²) < 4.78 is 0. The first-order valence-corrected chi connectivity index (χ1v) is 8.51. The van der Waals surface area contributed by atoms with Crippen LogP contribution in [0.3, 0.4) is 0 Å². The number of nitrogens with two attached hydrogens (primary N) is 1. The van der Waals surface area contributed by atoms with E-state index in [2.05, 4.69) is 6.92 Å². The van der Waals surface area contributed by atoms with Crippen molar-refractivity contribution in [1.82, 2.24) is 0 Å². The Morgan fingerprint density at radius 3 is 2.30 bits per heavy atom. The monoisotopic (exact) mass is 321 g/mol. The molecule has 0 saturated heterocycles. The van der Waals surface area contributed by atoms with Crippen LogP contribution < -0.4 is 5.73 Å². The summed E-state index contributed by atoms with van der Waals surface area (Å²) in [5.74, 6) is -0.00615.